The fourth-order valence-corrected chi connectivity index (χ4v) is 6.19. The molecular formula is C24H21BrF3N3OS. The molecule has 0 saturated heterocycles. The first kappa shape index (κ1) is 23.6. The number of allylic oxidation sites excluding steroid dienone is 3. The van der Waals surface area contributed by atoms with E-state index in [-0.39, 0.29) is 22.6 Å². The average molecular weight is 536 g/mol. The van der Waals surface area contributed by atoms with Gasteiger partial charge in [-0.2, -0.15) is 18.4 Å². The highest BCUT2D eigenvalue weighted by molar-refractivity contribution is 9.10. The molecule has 1 atom stereocenters. The minimum Gasteiger partial charge on any atom is -0.384 e. The highest BCUT2D eigenvalue weighted by Gasteiger charge is 2.45. The normalized spacial score (nSPS) is 20.7. The number of carbonyl (C=O) groups is 1. The summed E-state index contributed by atoms with van der Waals surface area (Å²) in [5.74, 6) is -0.548. The third-order valence-corrected chi connectivity index (χ3v) is 8.20. The maximum Gasteiger partial charge on any atom is 0.416 e. The SMILES string of the molecule is Cc1sc(C2C(C#N)=C(N)N(c3ccc(C(F)(F)F)cc3)C3=C2C(=O)CC(C)(C)C3)cc1Br. The van der Waals surface area contributed by atoms with Crippen molar-refractivity contribution in [1.29, 1.82) is 5.26 Å². The topological polar surface area (TPSA) is 70.1 Å². The number of nitriles is 1. The number of nitrogens with two attached hydrogens (primary N) is 1. The van der Waals surface area contributed by atoms with Crippen LogP contribution < -0.4 is 10.6 Å². The number of aryl methyl sites for hydroxylation is 1. The summed E-state index contributed by atoms with van der Waals surface area (Å²) < 4.78 is 40.2. The summed E-state index contributed by atoms with van der Waals surface area (Å²) in [5.41, 5.74) is 7.10. The molecule has 33 heavy (non-hydrogen) atoms. The van der Waals surface area contributed by atoms with Crippen LogP contribution in [-0.2, 0) is 11.0 Å². The summed E-state index contributed by atoms with van der Waals surface area (Å²) in [4.78, 5) is 16.9. The van der Waals surface area contributed by atoms with Crippen LogP contribution >= 0.6 is 27.3 Å². The van der Waals surface area contributed by atoms with Gasteiger partial charge in [-0.15, -0.1) is 11.3 Å². The van der Waals surface area contributed by atoms with E-state index in [1.807, 2.05) is 26.8 Å². The highest BCUT2D eigenvalue weighted by Crippen LogP contribution is 2.51. The molecule has 0 fully saturated rings. The Bertz CT molecular complexity index is 1230. The quantitative estimate of drug-likeness (QED) is 0.460. The van der Waals surface area contributed by atoms with E-state index in [1.165, 1.54) is 23.5 Å². The summed E-state index contributed by atoms with van der Waals surface area (Å²) in [6.07, 6.45) is -3.66. The molecule has 9 heteroatoms. The van der Waals surface area contributed by atoms with Crippen LogP contribution in [0.15, 0.2) is 57.5 Å². The molecule has 1 aromatic carbocycles. The summed E-state index contributed by atoms with van der Waals surface area (Å²) in [7, 11) is 0. The van der Waals surface area contributed by atoms with E-state index in [0.717, 1.165) is 26.4 Å². The zero-order chi connectivity index (χ0) is 24.3. The van der Waals surface area contributed by atoms with E-state index in [4.69, 9.17) is 5.73 Å². The molecule has 0 saturated carbocycles. The van der Waals surface area contributed by atoms with Crippen molar-refractivity contribution in [2.45, 2.75) is 45.7 Å². The van der Waals surface area contributed by atoms with Crippen LogP contribution in [0.5, 0.6) is 0 Å². The van der Waals surface area contributed by atoms with Crippen molar-refractivity contribution < 1.29 is 18.0 Å². The average Bonchev–Trinajstić information content (AvgIpc) is 3.04. The summed E-state index contributed by atoms with van der Waals surface area (Å²) >= 11 is 4.99. The fraction of sp³-hybridized carbons (Fsp3) is 0.333. The molecule has 1 aliphatic carbocycles. The van der Waals surface area contributed by atoms with Crippen LogP contribution in [0.1, 0.15) is 47.9 Å². The lowest BCUT2D eigenvalue weighted by molar-refractivity contribution is -0.137. The number of nitrogens with zero attached hydrogens (tertiary/aromatic N) is 2. The number of hydrogen-bond donors (Lipinski definition) is 1. The largest absolute Gasteiger partial charge is 0.416 e. The van der Waals surface area contributed by atoms with E-state index < -0.39 is 17.7 Å². The summed E-state index contributed by atoms with van der Waals surface area (Å²) in [6, 6.07) is 8.70. The van der Waals surface area contributed by atoms with E-state index >= 15 is 0 Å². The second-order valence-corrected chi connectivity index (χ2v) is 11.2. The fourth-order valence-electron chi connectivity index (χ4n) is 4.51. The Labute approximate surface area is 202 Å². The number of rotatable bonds is 2. The first-order valence-electron chi connectivity index (χ1n) is 10.2. The van der Waals surface area contributed by atoms with Crippen LogP contribution in [0.2, 0.25) is 0 Å². The molecule has 2 aliphatic rings. The van der Waals surface area contributed by atoms with E-state index in [0.29, 0.717) is 29.8 Å². The Balaban J connectivity index is 1.95. The Morgan fingerprint density at radius 1 is 1.24 bits per heavy atom. The lowest BCUT2D eigenvalue weighted by Gasteiger charge is -2.43. The van der Waals surface area contributed by atoms with Crippen molar-refractivity contribution in [2.24, 2.45) is 11.1 Å². The van der Waals surface area contributed by atoms with E-state index in [9.17, 15) is 23.2 Å². The predicted octanol–water partition coefficient (Wildman–Crippen LogP) is 6.78. The van der Waals surface area contributed by atoms with E-state index in [1.54, 1.807) is 4.90 Å². The molecule has 1 aliphatic heterocycles. The molecule has 1 aromatic heterocycles. The van der Waals surface area contributed by atoms with Crippen LogP contribution in [0.4, 0.5) is 18.9 Å². The first-order chi connectivity index (χ1) is 15.3. The van der Waals surface area contributed by atoms with Crippen LogP contribution in [0.3, 0.4) is 0 Å². The minimum atomic E-state index is -4.47. The zero-order valence-corrected chi connectivity index (χ0v) is 20.6. The number of carbonyl (C=O) groups excluding carboxylic acids is 1. The molecule has 2 N–H and O–H groups in total. The lowest BCUT2D eigenvalue weighted by atomic mass is 9.69. The summed E-state index contributed by atoms with van der Waals surface area (Å²) in [5, 5.41) is 10.1. The Hall–Kier alpha value is -2.57. The van der Waals surface area contributed by atoms with Gasteiger partial charge in [0.1, 0.15) is 5.82 Å². The Morgan fingerprint density at radius 2 is 1.88 bits per heavy atom. The molecule has 0 spiro atoms. The zero-order valence-electron chi connectivity index (χ0n) is 18.2. The van der Waals surface area contributed by atoms with Gasteiger partial charge in [-0.1, -0.05) is 13.8 Å². The number of hydrogen-bond acceptors (Lipinski definition) is 5. The molecule has 2 aromatic rings. The minimum absolute atomic E-state index is 0.0782. The Kier molecular flexibility index (Phi) is 5.74. The van der Waals surface area contributed by atoms with Crippen LogP contribution in [0, 0.1) is 23.7 Å². The van der Waals surface area contributed by atoms with Crippen molar-refractivity contribution in [3.8, 4) is 6.07 Å². The molecule has 4 rings (SSSR count). The highest BCUT2D eigenvalue weighted by atomic mass is 79.9. The van der Waals surface area contributed by atoms with Crippen molar-refractivity contribution >= 4 is 38.7 Å². The van der Waals surface area contributed by atoms with Crippen molar-refractivity contribution in [3.63, 3.8) is 0 Å². The van der Waals surface area contributed by atoms with E-state index in [2.05, 4.69) is 22.0 Å². The molecule has 4 nitrogen and oxygen atoms in total. The van der Waals surface area contributed by atoms with Gasteiger partial charge in [0.05, 0.1) is 23.1 Å². The Morgan fingerprint density at radius 3 is 2.39 bits per heavy atom. The number of ketones is 1. The monoisotopic (exact) mass is 535 g/mol. The number of Topliss-reactive ketones (excluding diaryl/α,β-unsaturated/α-hetero) is 1. The van der Waals surface area contributed by atoms with Gasteiger partial charge in [-0.25, -0.2) is 0 Å². The molecule has 0 amide bonds. The molecule has 172 valence electrons. The number of thiophene rings is 1. The third-order valence-electron chi connectivity index (χ3n) is 5.99. The molecule has 1 unspecified atom stereocenters. The maximum absolute atomic E-state index is 13.4. The lowest BCUT2D eigenvalue weighted by Crippen LogP contribution is -2.42. The van der Waals surface area contributed by atoms with Gasteiger partial charge in [-0.3, -0.25) is 9.69 Å². The van der Waals surface area contributed by atoms with Gasteiger partial charge in [0, 0.05) is 37.6 Å². The van der Waals surface area contributed by atoms with Gasteiger partial charge < -0.3 is 5.73 Å². The first-order valence-corrected chi connectivity index (χ1v) is 11.8. The van der Waals surface area contributed by atoms with Gasteiger partial charge in [-0.05, 0) is 65.0 Å². The molecule has 0 radical (unpaired) electrons. The van der Waals surface area contributed by atoms with Gasteiger partial charge >= 0.3 is 6.18 Å². The van der Waals surface area contributed by atoms with Gasteiger partial charge in [0.2, 0.25) is 0 Å². The summed E-state index contributed by atoms with van der Waals surface area (Å²) in [6.45, 7) is 5.89. The number of alkyl halides is 3. The van der Waals surface area contributed by atoms with Crippen LogP contribution in [-0.4, -0.2) is 5.78 Å². The second-order valence-electron chi connectivity index (χ2n) is 9.08. The van der Waals surface area contributed by atoms with Gasteiger partial charge in [0.25, 0.3) is 0 Å². The van der Waals surface area contributed by atoms with Crippen molar-refractivity contribution in [3.05, 3.63) is 72.8 Å². The predicted molar refractivity (Wildman–Crippen MR) is 125 cm³/mol. The number of halogens is 4. The molecular weight excluding hydrogens is 515 g/mol. The van der Waals surface area contributed by atoms with Crippen molar-refractivity contribution in [1.82, 2.24) is 0 Å². The maximum atomic E-state index is 13.4. The number of benzene rings is 1. The standard InChI is InChI=1S/C24H21BrF3N3OS/c1-12-16(25)8-19(33-12)20-15(11-29)22(30)31(14-6-4-13(5-7-14)24(26,27)28)17-9-23(2,3)10-18(32)21(17)20/h4-8,20H,9-10,30H2,1-3H3. The smallest absolute Gasteiger partial charge is 0.384 e. The second kappa shape index (κ2) is 8.03. The number of anilines is 1. The van der Waals surface area contributed by atoms with Gasteiger partial charge in [0.15, 0.2) is 5.78 Å². The van der Waals surface area contributed by atoms with Crippen LogP contribution in [0.25, 0.3) is 0 Å². The molecule has 2 heterocycles. The third kappa shape index (κ3) is 4.11. The molecule has 0 bridgehead atoms. The van der Waals surface area contributed by atoms with Crippen molar-refractivity contribution in [2.75, 3.05) is 4.90 Å².